The number of nitrogens with one attached hydrogen (secondary N) is 2. The second kappa shape index (κ2) is 10.1. The summed E-state index contributed by atoms with van der Waals surface area (Å²) in [7, 11) is 1.66. The number of pyridine rings is 1. The molecule has 0 spiro atoms. The first-order valence-corrected chi connectivity index (χ1v) is 8.11. The number of hydrogen-bond acceptors (Lipinski definition) is 3. The first-order chi connectivity index (χ1) is 11.8. The molecule has 5 nitrogen and oxygen atoms in total. The van der Waals surface area contributed by atoms with Crippen molar-refractivity contribution in [2.24, 2.45) is 4.99 Å². The predicted molar refractivity (Wildman–Crippen MR) is 108 cm³/mol. The molecule has 0 aromatic carbocycles. The molecule has 2 heterocycles. The van der Waals surface area contributed by atoms with E-state index in [-0.39, 0.29) is 35.0 Å². The van der Waals surface area contributed by atoms with Gasteiger partial charge in [0.25, 0.3) is 0 Å². The molecule has 0 amide bonds. The van der Waals surface area contributed by atoms with Gasteiger partial charge in [-0.3, -0.25) is 4.99 Å². The number of alkyl halides is 3. The van der Waals surface area contributed by atoms with Crippen LogP contribution in [0.1, 0.15) is 18.4 Å². The largest absolute Gasteiger partial charge is 0.417 e. The van der Waals surface area contributed by atoms with E-state index in [1.165, 1.54) is 0 Å². The van der Waals surface area contributed by atoms with Crippen molar-refractivity contribution in [2.45, 2.75) is 25.1 Å². The van der Waals surface area contributed by atoms with Crippen molar-refractivity contribution in [3.05, 3.63) is 22.8 Å². The monoisotopic (exact) mass is 501 g/mol. The summed E-state index contributed by atoms with van der Waals surface area (Å²) in [6.45, 7) is 1.81. The van der Waals surface area contributed by atoms with Gasteiger partial charge in [0.05, 0.1) is 10.6 Å². The van der Waals surface area contributed by atoms with Crippen molar-refractivity contribution in [1.82, 2.24) is 15.6 Å². The minimum Gasteiger partial charge on any atom is -0.355 e. The number of aromatic nitrogens is 1. The fourth-order valence-corrected chi connectivity index (χ4v) is 2.82. The van der Waals surface area contributed by atoms with Gasteiger partial charge in [-0.2, -0.15) is 13.2 Å². The van der Waals surface area contributed by atoms with Crippen molar-refractivity contribution >= 4 is 47.4 Å². The highest BCUT2D eigenvalue weighted by atomic mass is 127. The van der Waals surface area contributed by atoms with Crippen LogP contribution in [0.4, 0.5) is 19.0 Å². The first kappa shape index (κ1) is 22.6. The van der Waals surface area contributed by atoms with Crippen LogP contribution in [0.3, 0.4) is 0 Å². The van der Waals surface area contributed by atoms with Gasteiger partial charge in [-0.1, -0.05) is 11.6 Å². The number of nitrogens with zero attached hydrogens (tertiary/aromatic N) is 3. The standard InChI is InChI=1S/C16H19ClF3N5.HI/c1-3-4-6-22-15(21-2)24-12-5-7-25(10-12)14-13(17)8-11(9-23-14)16(18,19)20;/h1,8-9,12H,4-7,10H2,2H3,(H2,21,22,24);1H. The Bertz CT molecular complexity index is 675. The van der Waals surface area contributed by atoms with Crippen LogP contribution in [0.25, 0.3) is 0 Å². The molecule has 0 radical (unpaired) electrons. The fraction of sp³-hybridized carbons (Fsp3) is 0.500. The zero-order valence-electron chi connectivity index (χ0n) is 14.1. The number of hydrogen-bond donors (Lipinski definition) is 2. The summed E-state index contributed by atoms with van der Waals surface area (Å²) in [5.74, 6) is 3.52. The normalized spacial score (nSPS) is 17.5. The van der Waals surface area contributed by atoms with Crippen molar-refractivity contribution in [1.29, 1.82) is 0 Å². The highest BCUT2D eigenvalue weighted by Crippen LogP contribution is 2.34. The molecule has 10 heteroatoms. The molecule has 2 N–H and O–H groups in total. The summed E-state index contributed by atoms with van der Waals surface area (Å²) < 4.78 is 38.1. The summed E-state index contributed by atoms with van der Waals surface area (Å²) >= 11 is 6.00. The maximum absolute atomic E-state index is 12.7. The van der Waals surface area contributed by atoms with Gasteiger partial charge in [0, 0.05) is 45.3 Å². The van der Waals surface area contributed by atoms with Gasteiger partial charge in [0.2, 0.25) is 0 Å². The lowest BCUT2D eigenvalue weighted by atomic mass is 10.2. The fourth-order valence-electron chi connectivity index (χ4n) is 2.53. The van der Waals surface area contributed by atoms with E-state index in [0.717, 1.165) is 18.7 Å². The van der Waals surface area contributed by atoms with Gasteiger partial charge < -0.3 is 15.5 Å². The topological polar surface area (TPSA) is 52.6 Å². The molecule has 1 fully saturated rings. The predicted octanol–water partition coefficient (Wildman–Crippen LogP) is 3.14. The number of halogens is 5. The summed E-state index contributed by atoms with van der Waals surface area (Å²) in [4.78, 5) is 9.87. The quantitative estimate of drug-likeness (QED) is 0.219. The Hall–Kier alpha value is -1.41. The Kier molecular flexibility index (Phi) is 8.76. The summed E-state index contributed by atoms with van der Waals surface area (Å²) in [6, 6.07) is 0.988. The second-order valence-electron chi connectivity index (χ2n) is 5.56. The van der Waals surface area contributed by atoms with Crippen molar-refractivity contribution < 1.29 is 13.2 Å². The van der Waals surface area contributed by atoms with Crippen molar-refractivity contribution in [2.75, 3.05) is 31.6 Å². The van der Waals surface area contributed by atoms with E-state index in [4.69, 9.17) is 18.0 Å². The molecule has 26 heavy (non-hydrogen) atoms. The SMILES string of the molecule is C#CCCNC(=NC)NC1CCN(c2ncc(C(F)(F)F)cc2Cl)C1.I. The smallest absolute Gasteiger partial charge is 0.355 e. The van der Waals surface area contributed by atoms with E-state index in [2.05, 4.69) is 26.5 Å². The van der Waals surface area contributed by atoms with Crippen molar-refractivity contribution in [3.8, 4) is 12.3 Å². The Labute approximate surface area is 172 Å². The van der Waals surface area contributed by atoms with Crippen LogP contribution in [0.2, 0.25) is 5.02 Å². The Morgan fingerprint density at radius 3 is 2.85 bits per heavy atom. The summed E-state index contributed by atoms with van der Waals surface area (Å²) in [5.41, 5.74) is -0.853. The molecule has 1 aromatic heterocycles. The molecule has 1 atom stereocenters. The van der Waals surface area contributed by atoms with E-state index < -0.39 is 11.7 Å². The third-order valence-electron chi connectivity index (χ3n) is 3.76. The average Bonchev–Trinajstić information content (AvgIpc) is 3.01. The molecule has 1 saturated heterocycles. The van der Waals surface area contributed by atoms with Gasteiger partial charge in [-0.15, -0.1) is 36.3 Å². The first-order valence-electron chi connectivity index (χ1n) is 7.73. The highest BCUT2D eigenvalue weighted by Gasteiger charge is 2.33. The van der Waals surface area contributed by atoms with E-state index in [1.807, 2.05) is 4.90 Å². The molecule has 1 aliphatic rings. The van der Waals surface area contributed by atoms with E-state index in [0.29, 0.717) is 37.8 Å². The zero-order valence-corrected chi connectivity index (χ0v) is 17.2. The number of aliphatic imine (C=N–C) groups is 1. The third-order valence-corrected chi connectivity index (χ3v) is 4.04. The van der Waals surface area contributed by atoms with Crippen LogP contribution >= 0.6 is 35.6 Å². The molecular formula is C16H20ClF3IN5. The summed E-state index contributed by atoms with van der Waals surface area (Å²) in [5, 5.41) is 6.35. The number of rotatable bonds is 4. The number of anilines is 1. The number of terminal acetylenes is 1. The molecule has 0 bridgehead atoms. The van der Waals surface area contributed by atoms with Crippen LogP contribution in [0.15, 0.2) is 17.3 Å². The summed E-state index contributed by atoms with van der Waals surface area (Å²) in [6.07, 6.45) is 2.93. The Balaban J connectivity index is 0.00000338. The van der Waals surface area contributed by atoms with E-state index in [9.17, 15) is 13.2 Å². The lowest BCUT2D eigenvalue weighted by molar-refractivity contribution is -0.137. The molecule has 2 rings (SSSR count). The minimum atomic E-state index is -4.46. The molecule has 144 valence electrons. The van der Waals surface area contributed by atoms with Crippen LogP contribution in [0.5, 0.6) is 0 Å². The highest BCUT2D eigenvalue weighted by molar-refractivity contribution is 14.0. The van der Waals surface area contributed by atoms with Gasteiger partial charge in [-0.25, -0.2) is 4.98 Å². The van der Waals surface area contributed by atoms with Crippen LogP contribution in [-0.2, 0) is 6.18 Å². The van der Waals surface area contributed by atoms with E-state index >= 15 is 0 Å². The van der Waals surface area contributed by atoms with Crippen LogP contribution in [0, 0.1) is 12.3 Å². The molecule has 0 saturated carbocycles. The lowest BCUT2D eigenvalue weighted by Gasteiger charge is -2.21. The van der Waals surface area contributed by atoms with Gasteiger partial charge in [0.1, 0.15) is 5.82 Å². The van der Waals surface area contributed by atoms with Crippen LogP contribution < -0.4 is 15.5 Å². The maximum Gasteiger partial charge on any atom is 0.417 e. The Morgan fingerprint density at radius 2 is 2.27 bits per heavy atom. The lowest BCUT2D eigenvalue weighted by Crippen LogP contribution is -2.44. The third kappa shape index (κ3) is 6.09. The molecule has 1 unspecified atom stereocenters. The molecule has 1 aliphatic heterocycles. The molecule has 1 aromatic rings. The Morgan fingerprint density at radius 1 is 1.54 bits per heavy atom. The van der Waals surface area contributed by atoms with Crippen LogP contribution in [-0.4, -0.2) is 43.7 Å². The molecule has 0 aliphatic carbocycles. The van der Waals surface area contributed by atoms with Gasteiger partial charge in [0.15, 0.2) is 5.96 Å². The molecular weight excluding hydrogens is 482 g/mol. The van der Waals surface area contributed by atoms with Gasteiger partial charge >= 0.3 is 6.18 Å². The van der Waals surface area contributed by atoms with Gasteiger partial charge in [-0.05, 0) is 12.5 Å². The minimum absolute atomic E-state index is 0. The maximum atomic E-state index is 12.7. The van der Waals surface area contributed by atoms with E-state index in [1.54, 1.807) is 7.05 Å². The number of guanidine groups is 1. The van der Waals surface area contributed by atoms with Crippen molar-refractivity contribution in [3.63, 3.8) is 0 Å². The zero-order chi connectivity index (χ0) is 18.4. The average molecular weight is 502 g/mol. The second-order valence-corrected chi connectivity index (χ2v) is 5.96.